The van der Waals surface area contributed by atoms with Crippen LogP contribution in [0.1, 0.15) is 43.6 Å². The van der Waals surface area contributed by atoms with E-state index < -0.39 is 5.60 Å². The van der Waals surface area contributed by atoms with E-state index in [4.69, 9.17) is 4.42 Å². The molecule has 1 N–H and O–H groups in total. The zero-order valence-electron chi connectivity index (χ0n) is 12.5. The van der Waals surface area contributed by atoms with Gasteiger partial charge in [-0.15, -0.1) is 0 Å². The van der Waals surface area contributed by atoms with Gasteiger partial charge in [0.2, 0.25) is 0 Å². The Morgan fingerprint density at radius 2 is 1.67 bits per heavy atom. The number of hydrogen-bond acceptors (Lipinski definition) is 3. The molecule has 2 aromatic rings. The molecule has 3 rings (SSSR count). The van der Waals surface area contributed by atoms with E-state index in [0.29, 0.717) is 5.76 Å². The van der Waals surface area contributed by atoms with E-state index >= 15 is 0 Å². The lowest BCUT2D eigenvalue weighted by Gasteiger charge is -2.25. The zero-order chi connectivity index (χ0) is 15.0. The van der Waals surface area contributed by atoms with Gasteiger partial charge in [0, 0.05) is 11.1 Å². The molecule has 1 aliphatic carbocycles. The topological polar surface area (TPSA) is 50.4 Å². The molecule has 3 nitrogen and oxygen atoms in total. The fraction of sp³-hybridized carbons (Fsp3) is 0.389. The monoisotopic (exact) mass is 284 g/mol. The third-order valence-electron chi connectivity index (χ3n) is 4.06. The van der Waals surface area contributed by atoms with Crippen molar-refractivity contribution in [1.29, 1.82) is 0 Å². The number of hydrogen-bond donors (Lipinski definition) is 1. The van der Waals surface area contributed by atoms with Gasteiger partial charge in [0.25, 0.3) is 0 Å². The molecule has 1 heterocycles. The molecule has 0 fully saturated rings. The molecule has 0 saturated carbocycles. The Balaban J connectivity index is 2.36. The first kappa shape index (κ1) is 14.1. The third kappa shape index (κ3) is 2.54. The van der Waals surface area contributed by atoms with Gasteiger partial charge in [-0.25, -0.2) is 4.79 Å². The SMILES string of the molecule is CC(C)(O)c1oc(=O)c2c(c1-c1ccccc1)CCCC2. The van der Waals surface area contributed by atoms with E-state index in [9.17, 15) is 9.90 Å². The Hall–Kier alpha value is -1.87. The first-order valence-electron chi connectivity index (χ1n) is 7.45. The number of fused-ring (bicyclic) bond motifs is 1. The van der Waals surface area contributed by atoms with Gasteiger partial charge in [-0.3, -0.25) is 0 Å². The van der Waals surface area contributed by atoms with Crippen molar-refractivity contribution in [3.05, 3.63) is 57.6 Å². The van der Waals surface area contributed by atoms with Crippen LogP contribution in [0.4, 0.5) is 0 Å². The lowest BCUT2D eigenvalue weighted by atomic mass is 9.84. The van der Waals surface area contributed by atoms with Gasteiger partial charge in [0.1, 0.15) is 11.4 Å². The summed E-state index contributed by atoms with van der Waals surface area (Å²) in [6, 6.07) is 9.88. The maximum Gasteiger partial charge on any atom is 0.339 e. The predicted octanol–water partition coefficient (Wildman–Crippen LogP) is 3.41. The van der Waals surface area contributed by atoms with E-state index in [1.54, 1.807) is 13.8 Å². The van der Waals surface area contributed by atoms with Crippen LogP contribution in [0.25, 0.3) is 11.1 Å². The summed E-state index contributed by atoms with van der Waals surface area (Å²) in [5, 5.41) is 10.4. The quantitative estimate of drug-likeness (QED) is 0.919. The summed E-state index contributed by atoms with van der Waals surface area (Å²) in [7, 11) is 0. The Morgan fingerprint density at radius 1 is 1.05 bits per heavy atom. The van der Waals surface area contributed by atoms with Crippen molar-refractivity contribution in [2.75, 3.05) is 0 Å². The highest BCUT2D eigenvalue weighted by atomic mass is 16.4. The molecule has 21 heavy (non-hydrogen) atoms. The summed E-state index contributed by atoms with van der Waals surface area (Å²) in [5.41, 5.74) is 2.26. The van der Waals surface area contributed by atoms with Crippen molar-refractivity contribution in [1.82, 2.24) is 0 Å². The molecule has 0 aliphatic heterocycles. The minimum Gasteiger partial charge on any atom is -0.424 e. The highest BCUT2D eigenvalue weighted by Gasteiger charge is 2.30. The lowest BCUT2D eigenvalue weighted by molar-refractivity contribution is 0.0511. The predicted molar refractivity (Wildman–Crippen MR) is 82.3 cm³/mol. The molecule has 0 atom stereocenters. The summed E-state index contributed by atoms with van der Waals surface area (Å²) in [6.45, 7) is 3.32. The van der Waals surface area contributed by atoms with Gasteiger partial charge in [0.15, 0.2) is 0 Å². The first-order chi connectivity index (χ1) is 9.98. The van der Waals surface area contributed by atoms with E-state index in [-0.39, 0.29) is 5.63 Å². The maximum absolute atomic E-state index is 12.2. The smallest absolute Gasteiger partial charge is 0.339 e. The van der Waals surface area contributed by atoms with Crippen LogP contribution in [0.3, 0.4) is 0 Å². The molecule has 1 aromatic heterocycles. The maximum atomic E-state index is 12.2. The van der Waals surface area contributed by atoms with Gasteiger partial charge < -0.3 is 9.52 Å². The van der Waals surface area contributed by atoms with Crippen molar-refractivity contribution in [3.63, 3.8) is 0 Å². The molecule has 0 spiro atoms. The highest BCUT2D eigenvalue weighted by Crippen LogP contribution is 2.37. The summed E-state index contributed by atoms with van der Waals surface area (Å²) in [5.74, 6) is 0.374. The summed E-state index contributed by atoms with van der Waals surface area (Å²) >= 11 is 0. The van der Waals surface area contributed by atoms with Crippen molar-refractivity contribution in [2.45, 2.75) is 45.1 Å². The fourth-order valence-electron chi connectivity index (χ4n) is 3.09. The standard InChI is InChI=1S/C18H20O3/c1-18(2,20)16-15(12-8-4-3-5-9-12)13-10-6-7-11-14(13)17(19)21-16/h3-5,8-9,20H,6-7,10-11H2,1-2H3. The Labute approximate surface area is 124 Å². The minimum absolute atomic E-state index is 0.290. The minimum atomic E-state index is -1.18. The van der Waals surface area contributed by atoms with Crippen LogP contribution in [0.15, 0.2) is 39.5 Å². The molecule has 0 amide bonds. The number of rotatable bonds is 2. The number of aliphatic hydroxyl groups is 1. The molecule has 0 bridgehead atoms. The van der Waals surface area contributed by atoms with Crippen molar-refractivity contribution in [3.8, 4) is 11.1 Å². The zero-order valence-corrected chi connectivity index (χ0v) is 12.5. The molecule has 110 valence electrons. The normalized spacial score (nSPS) is 14.8. The largest absolute Gasteiger partial charge is 0.424 e. The molecule has 0 saturated heterocycles. The van der Waals surface area contributed by atoms with Gasteiger partial charge in [-0.05, 0) is 50.7 Å². The summed E-state index contributed by atoms with van der Waals surface area (Å²) in [4.78, 5) is 12.2. The van der Waals surface area contributed by atoms with Crippen molar-refractivity contribution >= 4 is 0 Å². The second kappa shape index (κ2) is 5.15. The van der Waals surface area contributed by atoms with Crippen molar-refractivity contribution in [2.24, 2.45) is 0 Å². The fourth-order valence-corrected chi connectivity index (χ4v) is 3.09. The van der Waals surface area contributed by atoms with Crippen LogP contribution in [0.2, 0.25) is 0 Å². The van der Waals surface area contributed by atoms with Gasteiger partial charge >= 0.3 is 5.63 Å². The van der Waals surface area contributed by atoms with E-state index in [2.05, 4.69) is 0 Å². The van der Waals surface area contributed by atoms with E-state index in [0.717, 1.165) is 47.9 Å². The second-order valence-corrected chi connectivity index (χ2v) is 6.18. The molecular formula is C18H20O3. The lowest BCUT2D eigenvalue weighted by Crippen LogP contribution is -2.25. The molecular weight excluding hydrogens is 264 g/mol. The van der Waals surface area contributed by atoms with Crippen LogP contribution in [-0.2, 0) is 18.4 Å². The van der Waals surface area contributed by atoms with Crippen LogP contribution >= 0.6 is 0 Å². The van der Waals surface area contributed by atoms with Crippen LogP contribution < -0.4 is 5.63 Å². The highest BCUT2D eigenvalue weighted by molar-refractivity contribution is 5.71. The Kier molecular flexibility index (Phi) is 3.46. The van der Waals surface area contributed by atoms with Crippen molar-refractivity contribution < 1.29 is 9.52 Å². The molecule has 0 unspecified atom stereocenters. The Morgan fingerprint density at radius 3 is 2.29 bits per heavy atom. The van der Waals surface area contributed by atoms with Crippen LogP contribution in [0, 0.1) is 0 Å². The van der Waals surface area contributed by atoms with Crippen LogP contribution in [0.5, 0.6) is 0 Å². The van der Waals surface area contributed by atoms with Gasteiger partial charge in [-0.2, -0.15) is 0 Å². The van der Waals surface area contributed by atoms with E-state index in [1.165, 1.54) is 0 Å². The van der Waals surface area contributed by atoms with E-state index in [1.807, 2.05) is 30.3 Å². The average Bonchev–Trinajstić information content (AvgIpc) is 2.47. The first-order valence-corrected chi connectivity index (χ1v) is 7.45. The van der Waals surface area contributed by atoms with Gasteiger partial charge in [-0.1, -0.05) is 30.3 Å². The molecule has 3 heteroatoms. The molecule has 1 aliphatic rings. The summed E-state index contributed by atoms with van der Waals surface area (Å²) in [6.07, 6.45) is 3.73. The van der Waals surface area contributed by atoms with Crippen LogP contribution in [-0.4, -0.2) is 5.11 Å². The average molecular weight is 284 g/mol. The Bertz CT molecular complexity index is 706. The molecule has 0 radical (unpaired) electrons. The number of benzene rings is 1. The second-order valence-electron chi connectivity index (χ2n) is 6.18. The molecule has 1 aromatic carbocycles. The summed E-state index contributed by atoms with van der Waals surface area (Å²) < 4.78 is 5.52. The third-order valence-corrected chi connectivity index (χ3v) is 4.06. The van der Waals surface area contributed by atoms with Gasteiger partial charge in [0.05, 0.1) is 0 Å².